The van der Waals surface area contributed by atoms with E-state index in [-0.39, 0.29) is 5.78 Å². The Hall–Kier alpha value is -0.840. The number of ketones is 1. The Morgan fingerprint density at radius 1 is 1.19 bits per heavy atom. The molecule has 1 saturated heterocycles. The zero-order valence-electron chi connectivity index (χ0n) is 13.3. The van der Waals surface area contributed by atoms with Gasteiger partial charge in [0.1, 0.15) is 0 Å². The molecule has 3 nitrogen and oxygen atoms in total. The molecule has 1 fully saturated rings. The number of hydrogen-bond donors (Lipinski definition) is 0. The summed E-state index contributed by atoms with van der Waals surface area (Å²) in [5, 5.41) is 0. The zero-order valence-corrected chi connectivity index (χ0v) is 14.2. The van der Waals surface area contributed by atoms with Crippen LogP contribution < -0.4 is 0 Å². The van der Waals surface area contributed by atoms with E-state index in [9.17, 15) is 4.79 Å². The van der Waals surface area contributed by atoms with Crippen molar-refractivity contribution in [1.82, 2.24) is 9.80 Å². The van der Waals surface area contributed by atoms with E-state index in [2.05, 4.69) is 23.6 Å². The van der Waals surface area contributed by atoms with E-state index in [4.69, 9.17) is 0 Å². The van der Waals surface area contributed by atoms with Gasteiger partial charge in [0.25, 0.3) is 0 Å². The number of thioether (sulfide) groups is 1. The molecule has 4 heteroatoms. The van der Waals surface area contributed by atoms with Crippen LogP contribution >= 0.6 is 11.8 Å². The molecule has 1 heterocycles. The molecule has 2 rings (SSSR count). The topological polar surface area (TPSA) is 23.6 Å². The van der Waals surface area contributed by atoms with E-state index in [0.29, 0.717) is 12.6 Å². The smallest absolute Gasteiger partial charge is 0.176 e. The van der Waals surface area contributed by atoms with Gasteiger partial charge in [0, 0.05) is 42.7 Å². The molecule has 116 valence electrons. The Morgan fingerprint density at radius 2 is 1.81 bits per heavy atom. The SMILES string of the molecule is CCC(C)N1CCN(CC(=O)c2ccc(SC)cc2)CC1. The highest BCUT2D eigenvalue weighted by Gasteiger charge is 2.21. The second-order valence-corrected chi connectivity index (χ2v) is 6.60. The van der Waals surface area contributed by atoms with Crippen LogP contribution in [0.3, 0.4) is 0 Å². The molecule has 1 aromatic rings. The van der Waals surface area contributed by atoms with E-state index in [0.717, 1.165) is 31.7 Å². The van der Waals surface area contributed by atoms with Gasteiger partial charge in [0.15, 0.2) is 5.78 Å². The lowest BCUT2D eigenvalue weighted by Gasteiger charge is -2.37. The first-order valence-electron chi connectivity index (χ1n) is 7.77. The molecule has 0 radical (unpaired) electrons. The van der Waals surface area contributed by atoms with Gasteiger partial charge in [-0.2, -0.15) is 0 Å². The van der Waals surface area contributed by atoms with Gasteiger partial charge in [0.2, 0.25) is 0 Å². The number of nitrogens with zero attached hydrogens (tertiary/aromatic N) is 2. The molecule has 1 atom stereocenters. The van der Waals surface area contributed by atoms with Crippen LogP contribution in [-0.4, -0.2) is 60.6 Å². The van der Waals surface area contributed by atoms with Crippen LogP contribution in [0.5, 0.6) is 0 Å². The molecule has 1 aromatic carbocycles. The van der Waals surface area contributed by atoms with Crippen LogP contribution in [0.2, 0.25) is 0 Å². The number of rotatable bonds is 6. The molecule has 0 bridgehead atoms. The second kappa shape index (κ2) is 7.97. The first-order chi connectivity index (χ1) is 10.1. The molecule has 1 aliphatic heterocycles. The monoisotopic (exact) mass is 306 g/mol. The first kappa shape index (κ1) is 16.5. The fourth-order valence-electron chi connectivity index (χ4n) is 2.69. The highest BCUT2D eigenvalue weighted by Crippen LogP contribution is 2.16. The van der Waals surface area contributed by atoms with Gasteiger partial charge in [-0.3, -0.25) is 14.6 Å². The molecule has 0 spiro atoms. The molecule has 0 aliphatic carbocycles. The summed E-state index contributed by atoms with van der Waals surface area (Å²) in [4.78, 5) is 18.3. The Labute approximate surface area is 132 Å². The quantitative estimate of drug-likeness (QED) is 0.595. The van der Waals surface area contributed by atoms with Crippen molar-refractivity contribution in [2.75, 3.05) is 39.0 Å². The third-order valence-corrected chi connectivity index (χ3v) is 5.14. The third-order valence-electron chi connectivity index (χ3n) is 4.40. The minimum Gasteiger partial charge on any atom is -0.298 e. The molecular formula is C17H26N2OS. The highest BCUT2D eigenvalue weighted by atomic mass is 32.2. The van der Waals surface area contributed by atoms with Crippen LogP contribution in [0, 0.1) is 0 Å². The van der Waals surface area contributed by atoms with E-state index in [1.165, 1.54) is 11.3 Å². The summed E-state index contributed by atoms with van der Waals surface area (Å²) in [5.41, 5.74) is 0.831. The Morgan fingerprint density at radius 3 is 2.33 bits per heavy atom. The minimum absolute atomic E-state index is 0.236. The summed E-state index contributed by atoms with van der Waals surface area (Å²) in [6.07, 6.45) is 3.24. The predicted molar refractivity (Wildman–Crippen MR) is 90.3 cm³/mol. The van der Waals surface area contributed by atoms with Crippen molar-refractivity contribution in [2.24, 2.45) is 0 Å². The van der Waals surface area contributed by atoms with Gasteiger partial charge >= 0.3 is 0 Å². The Bertz CT molecular complexity index is 452. The number of carbonyl (C=O) groups excluding carboxylic acids is 1. The van der Waals surface area contributed by atoms with Crippen molar-refractivity contribution in [2.45, 2.75) is 31.2 Å². The number of carbonyl (C=O) groups is 1. The molecular weight excluding hydrogens is 280 g/mol. The van der Waals surface area contributed by atoms with Crippen molar-refractivity contribution in [1.29, 1.82) is 0 Å². The number of benzene rings is 1. The molecule has 0 saturated carbocycles. The predicted octanol–water partition coefficient (Wildman–Crippen LogP) is 3.01. The van der Waals surface area contributed by atoms with Crippen molar-refractivity contribution in [3.63, 3.8) is 0 Å². The van der Waals surface area contributed by atoms with Gasteiger partial charge in [-0.05, 0) is 31.7 Å². The van der Waals surface area contributed by atoms with E-state index in [1.807, 2.05) is 30.5 Å². The summed E-state index contributed by atoms with van der Waals surface area (Å²) >= 11 is 1.70. The fourth-order valence-corrected chi connectivity index (χ4v) is 3.10. The Balaban J connectivity index is 1.83. The molecule has 0 N–H and O–H groups in total. The fraction of sp³-hybridized carbons (Fsp3) is 0.588. The maximum atomic E-state index is 12.3. The van der Waals surface area contributed by atoms with Crippen LogP contribution in [0.1, 0.15) is 30.6 Å². The summed E-state index contributed by atoms with van der Waals surface area (Å²) in [6.45, 7) is 9.22. The highest BCUT2D eigenvalue weighted by molar-refractivity contribution is 7.98. The van der Waals surface area contributed by atoms with E-state index >= 15 is 0 Å². The largest absolute Gasteiger partial charge is 0.298 e. The van der Waals surface area contributed by atoms with Crippen LogP contribution in [-0.2, 0) is 0 Å². The maximum absolute atomic E-state index is 12.3. The lowest BCUT2D eigenvalue weighted by atomic mass is 10.1. The summed E-state index contributed by atoms with van der Waals surface area (Å²) in [5.74, 6) is 0.236. The van der Waals surface area contributed by atoms with Gasteiger partial charge in [0.05, 0.1) is 6.54 Å². The minimum atomic E-state index is 0.236. The van der Waals surface area contributed by atoms with Crippen LogP contribution in [0.15, 0.2) is 29.2 Å². The van der Waals surface area contributed by atoms with Crippen LogP contribution in [0.25, 0.3) is 0 Å². The summed E-state index contributed by atoms with van der Waals surface area (Å²) in [7, 11) is 0. The normalized spacial score (nSPS) is 18.6. The van der Waals surface area contributed by atoms with Crippen molar-refractivity contribution < 1.29 is 4.79 Å². The number of Topliss-reactive ketones (excluding diaryl/α,β-unsaturated/α-hetero) is 1. The molecule has 0 aromatic heterocycles. The number of hydrogen-bond acceptors (Lipinski definition) is 4. The molecule has 0 amide bonds. The third kappa shape index (κ3) is 4.56. The van der Waals surface area contributed by atoms with Crippen molar-refractivity contribution in [3.8, 4) is 0 Å². The lowest BCUT2D eigenvalue weighted by molar-refractivity contribution is 0.0784. The van der Waals surface area contributed by atoms with E-state index < -0.39 is 0 Å². The maximum Gasteiger partial charge on any atom is 0.176 e. The standard InChI is InChI=1S/C17H26N2OS/c1-4-14(2)19-11-9-18(10-12-19)13-17(20)15-5-7-16(21-3)8-6-15/h5-8,14H,4,9-13H2,1-3H3. The van der Waals surface area contributed by atoms with Gasteiger partial charge in [-0.25, -0.2) is 0 Å². The van der Waals surface area contributed by atoms with Gasteiger partial charge < -0.3 is 0 Å². The summed E-state index contributed by atoms with van der Waals surface area (Å²) < 4.78 is 0. The van der Waals surface area contributed by atoms with E-state index in [1.54, 1.807) is 11.8 Å². The molecule has 1 unspecified atom stereocenters. The number of piperazine rings is 1. The van der Waals surface area contributed by atoms with Crippen molar-refractivity contribution in [3.05, 3.63) is 29.8 Å². The van der Waals surface area contributed by atoms with Gasteiger partial charge in [-0.15, -0.1) is 11.8 Å². The first-order valence-corrected chi connectivity index (χ1v) is 9.00. The van der Waals surface area contributed by atoms with Gasteiger partial charge in [-0.1, -0.05) is 19.1 Å². The van der Waals surface area contributed by atoms with Crippen molar-refractivity contribution >= 4 is 17.5 Å². The second-order valence-electron chi connectivity index (χ2n) is 5.72. The lowest BCUT2D eigenvalue weighted by Crippen LogP contribution is -2.50. The average Bonchev–Trinajstić information content (AvgIpc) is 2.55. The van der Waals surface area contributed by atoms with Crippen LogP contribution in [0.4, 0.5) is 0 Å². The summed E-state index contributed by atoms with van der Waals surface area (Å²) in [6, 6.07) is 8.60. The Kier molecular flexibility index (Phi) is 6.27. The zero-order chi connectivity index (χ0) is 15.2. The molecule has 21 heavy (non-hydrogen) atoms. The molecule has 1 aliphatic rings. The average molecular weight is 306 g/mol.